The van der Waals surface area contributed by atoms with Gasteiger partial charge < -0.3 is 26.3 Å². The molecule has 35 heavy (non-hydrogen) atoms. The number of nitrogens with zero attached hydrogens (tertiary/aromatic N) is 2. The van der Waals surface area contributed by atoms with Gasteiger partial charge in [-0.25, -0.2) is 4.98 Å². The Labute approximate surface area is 201 Å². The number of aromatic nitrogens is 3. The second-order valence-corrected chi connectivity index (χ2v) is 9.02. The molecule has 2 aromatic heterocycles. The van der Waals surface area contributed by atoms with Crippen LogP contribution in [-0.4, -0.2) is 39.1 Å². The molecule has 1 unspecified atom stereocenters. The molecular weight excluding hydrogens is 442 g/mol. The highest BCUT2D eigenvalue weighted by atomic mass is 16.2. The van der Waals surface area contributed by atoms with Gasteiger partial charge in [-0.1, -0.05) is 24.3 Å². The quantitative estimate of drug-likeness (QED) is 0.285. The fourth-order valence-electron chi connectivity index (χ4n) is 4.41. The van der Waals surface area contributed by atoms with Gasteiger partial charge in [0.05, 0.1) is 11.0 Å². The molecule has 3 heterocycles. The Morgan fingerprint density at radius 2 is 1.83 bits per heavy atom. The number of hydrogen-bond acceptors (Lipinski definition) is 6. The van der Waals surface area contributed by atoms with Crippen LogP contribution >= 0.6 is 0 Å². The van der Waals surface area contributed by atoms with E-state index in [4.69, 9.17) is 0 Å². The first-order valence-electron chi connectivity index (χ1n) is 11.7. The number of rotatable bonds is 7. The highest BCUT2D eigenvalue weighted by molar-refractivity contribution is 5.98. The Balaban J connectivity index is 1.17. The summed E-state index contributed by atoms with van der Waals surface area (Å²) in [4.78, 5) is 38.0. The molecule has 1 saturated carbocycles. The van der Waals surface area contributed by atoms with Gasteiger partial charge in [0, 0.05) is 42.0 Å². The van der Waals surface area contributed by atoms with E-state index in [1.807, 2.05) is 42.6 Å². The van der Waals surface area contributed by atoms with Crippen molar-refractivity contribution in [3.63, 3.8) is 0 Å². The summed E-state index contributed by atoms with van der Waals surface area (Å²) in [5, 5.41) is 14.1. The molecule has 1 aliphatic heterocycles. The number of aromatic amines is 1. The molecule has 176 valence electrons. The lowest BCUT2D eigenvalue weighted by Gasteiger charge is -2.20. The van der Waals surface area contributed by atoms with Gasteiger partial charge >= 0.3 is 0 Å². The molecule has 1 aliphatic carbocycles. The smallest absolute Gasteiger partial charge is 0.251 e. The number of fused-ring (bicyclic) bond motifs is 2. The van der Waals surface area contributed by atoms with Crippen LogP contribution in [0.4, 0.5) is 0 Å². The summed E-state index contributed by atoms with van der Waals surface area (Å²) in [7, 11) is 0. The van der Waals surface area contributed by atoms with E-state index < -0.39 is 0 Å². The summed E-state index contributed by atoms with van der Waals surface area (Å²) in [5.74, 6) is 0.663. The lowest BCUT2D eigenvalue weighted by molar-refractivity contribution is -0.122. The summed E-state index contributed by atoms with van der Waals surface area (Å²) in [5.41, 5.74) is 2.78. The fraction of sp³-hybridized carbons (Fsp3) is 0.231. The second kappa shape index (κ2) is 8.75. The number of nitrogens with one attached hydrogen (secondary N) is 5. The number of carbonyl (C=O) groups excluding carboxylic acids is 2. The predicted molar refractivity (Wildman–Crippen MR) is 133 cm³/mol. The van der Waals surface area contributed by atoms with Crippen molar-refractivity contribution in [3.8, 4) is 11.5 Å². The van der Waals surface area contributed by atoms with Crippen molar-refractivity contribution >= 4 is 33.6 Å². The minimum absolute atomic E-state index is 0.118. The maximum atomic E-state index is 13.1. The highest BCUT2D eigenvalue weighted by Crippen LogP contribution is 2.34. The van der Waals surface area contributed by atoms with Crippen LogP contribution in [0.2, 0.25) is 0 Å². The van der Waals surface area contributed by atoms with Crippen LogP contribution in [0, 0.1) is 5.92 Å². The number of benzene rings is 2. The number of hydrogen-bond donors (Lipinski definition) is 5. The molecule has 1 atom stereocenters. The first-order valence-corrected chi connectivity index (χ1v) is 11.7. The van der Waals surface area contributed by atoms with Crippen LogP contribution in [0.5, 0.6) is 0 Å². The van der Waals surface area contributed by atoms with Gasteiger partial charge in [-0.05, 0) is 48.4 Å². The van der Waals surface area contributed by atoms with Gasteiger partial charge in [0.15, 0.2) is 12.1 Å². The molecule has 0 saturated heterocycles. The Morgan fingerprint density at radius 1 is 1.03 bits per heavy atom. The summed E-state index contributed by atoms with van der Waals surface area (Å²) >= 11 is 0. The number of H-pyrrole nitrogens is 1. The average Bonchev–Trinajstić information content (AvgIpc) is 3.43. The third-order valence-corrected chi connectivity index (χ3v) is 6.44. The summed E-state index contributed by atoms with van der Waals surface area (Å²) < 4.78 is 0. The van der Waals surface area contributed by atoms with Crippen molar-refractivity contribution in [3.05, 3.63) is 72.7 Å². The second-order valence-electron chi connectivity index (χ2n) is 9.02. The van der Waals surface area contributed by atoms with Gasteiger partial charge in [0.2, 0.25) is 5.91 Å². The molecule has 6 rings (SSSR count). The monoisotopic (exact) mass is 467 g/mol. The summed E-state index contributed by atoms with van der Waals surface area (Å²) in [6, 6.07) is 15.2. The van der Waals surface area contributed by atoms with Gasteiger partial charge in [-0.3, -0.25) is 14.6 Å². The molecule has 2 aromatic carbocycles. The van der Waals surface area contributed by atoms with E-state index in [1.165, 1.54) is 0 Å². The number of pyridine rings is 1. The van der Waals surface area contributed by atoms with E-state index >= 15 is 0 Å². The van der Waals surface area contributed by atoms with E-state index in [0.717, 1.165) is 40.3 Å². The first-order chi connectivity index (χ1) is 17.1. The van der Waals surface area contributed by atoms with E-state index in [0.29, 0.717) is 17.3 Å². The molecule has 9 heteroatoms. The van der Waals surface area contributed by atoms with Crippen LogP contribution in [-0.2, 0) is 4.79 Å². The maximum Gasteiger partial charge on any atom is 0.251 e. The summed E-state index contributed by atoms with van der Waals surface area (Å²) in [6.45, 7) is 0. The molecule has 5 N–H and O–H groups in total. The maximum absolute atomic E-state index is 13.1. The molecule has 0 bridgehead atoms. The van der Waals surface area contributed by atoms with Crippen LogP contribution < -0.4 is 21.3 Å². The normalized spacial score (nSPS) is 16.1. The highest BCUT2D eigenvalue weighted by Gasteiger charge is 2.34. The standard InChI is InChI=1S/C26H25N7O2/c34-23(33-26-27-9-10-28-26)13-20(15-5-6-15)32-25(35)17-7-8-19-21(12-17)31-24(30-19)22-11-16-3-1-2-4-18(16)14-29-22/h1-4,7-12,14-15,20,26-28H,5-6,13H2,(H,30,31)(H,32,35)(H,33,34). The topological polar surface area (TPSA) is 124 Å². The van der Waals surface area contributed by atoms with Gasteiger partial charge in [0.25, 0.3) is 5.91 Å². The molecule has 4 aromatic rings. The first kappa shape index (κ1) is 21.2. The van der Waals surface area contributed by atoms with Crippen LogP contribution in [0.3, 0.4) is 0 Å². The Hall–Kier alpha value is -4.40. The molecule has 2 aliphatic rings. The van der Waals surface area contributed by atoms with Crippen molar-refractivity contribution in [1.82, 2.24) is 36.2 Å². The Morgan fingerprint density at radius 3 is 2.63 bits per heavy atom. The van der Waals surface area contributed by atoms with E-state index in [2.05, 4.69) is 36.2 Å². The molecule has 1 fully saturated rings. The fourth-order valence-corrected chi connectivity index (χ4v) is 4.41. The largest absolute Gasteiger partial charge is 0.353 e. The molecule has 2 amide bonds. The van der Waals surface area contributed by atoms with Crippen molar-refractivity contribution in [2.75, 3.05) is 0 Å². The lowest BCUT2D eigenvalue weighted by Crippen LogP contribution is -2.50. The van der Waals surface area contributed by atoms with Crippen molar-refractivity contribution in [1.29, 1.82) is 0 Å². The van der Waals surface area contributed by atoms with E-state index in [9.17, 15) is 9.59 Å². The van der Waals surface area contributed by atoms with Gasteiger partial charge in [-0.15, -0.1) is 0 Å². The predicted octanol–water partition coefficient (Wildman–Crippen LogP) is 2.74. The number of amides is 2. The number of carbonyl (C=O) groups is 2. The van der Waals surface area contributed by atoms with Crippen LogP contribution in [0.15, 0.2) is 67.1 Å². The van der Waals surface area contributed by atoms with Crippen molar-refractivity contribution in [2.45, 2.75) is 31.6 Å². The van der Waals surface area contributed by atoms with E-state index in [1.54, 1.807) is 24.5 Å². The third kappa shape index (κ3) is 4.52. The minimum atomic E-state index is -0.313. The lowest BCUT2D eigenvalue weighted by atomic mass is 10.1. The zero-order valence-electron chi connectivity index (χ0n) is 18.9. The average molecular weight is 468 g/mol. The number of imidazole rings is 1. The van der Waals surface area contributed by atoms with Gasteiger partial charge in [-0.2, -0.15) is 0 Å². The van der Waals surface area contributed by atoms with E-state index in [-0.39, 0.29) is 30.6 Å². The van der Waals surface area contributed by atoms with Crippen LogP contribution in [0.1, 0.15) is 29.6 Å². The zero-order chi connectivity index (χ0) is 23.8. The SMILES string of the molecule is O=C(CC(NC(=O)c1ccc2nc(-c3cc4ccccc4cn3)[nH]c2c1)C1CC1)NC1NC=CN1. The molecule has 0 spiro atoms. The Bertz CT molecular complexity index is 1450. The van der Waals surface area contributed by atoms with Crippen molar-refractivity contribution in [2.24, 2.45) is 5.92 Å². The van der Waals surface area contributed by atoms with Crippen LogP contribution in [0.25, 0.3) is 33.3 Å². The molecular formula is C26H25N7O2. The Kier molecular flexibility index (Phi) is 5.29. The van der Waals surface area contributed by atoms with Gasteiger partial charge in [0.1, 0.15) is 5.69 Å². The summed E-state index contributed by atoms with van der Waals surface area (Å²) in [6.07, 6.45) is 7.26. The zero-order valence-corrected chi connectivity index (χ0v) is 18.9. The molecule has 0 radical (unpaired) electrons. The van der Waals surface area contributed by atoms with Crippen molar-refractivity contribution < 1.29 is 9.59 Å². The minimum Gasteiger partial charge on any atom is -0.353 e. The third-order valence-electron chi connectivity index (χ3n) is 6.44. The molecule has 9 nitrogen and oxygen atoms in total.